The zero-order chi connectivity index (χ0) is 25.9. The van der Waals surface area contributed by atoms with Crippen molar-refractivity contribution in [2.45, 2.75) is 18.6 Å². The highest BCUT2D eigenvalue weighted by atomic mass is 32.3. The molecule has 3 aromatic rings. The number of thiol groups is 1. The summed E-state index contributed by atoms with van der Waals surface area (Å²) < 4.78 is 42.8. The third-order valence-electron chi connectivity index (χ3n) is 5.67. The second-order valence-electron chi connectivity index (χ2n) is 8.78. The van der Waals surface area contributed by atoms with E-state index in [1.54, 1.807) is 6.07 Å². The Balaban J connectivity index is 1.79. The lowest BCUT2D eigenvalue weighted by Gasteiger charge is -2.23. The van der Waals surface area contributed by atoms with Gasteiger partial charge in [-0.05, 0) is 61.1 Å². The Bertz CT molecular complexity index is 1350. The van der Waals surface area contributed by atoms with Gasteiger partial charge in [0.05, 0.1) is 6.20 Å². The van der Waals surface area contributed by atoms with Crippen LogP contribution in [0.3, 0.4) is 0 Å². The highest BCUT2D eigenvalue weighted by Crippen LogP contribution is 2.32. The third kappa shape index (κ3) is 6.32. The Morgan fingerprint density at radius 3 is 2.81 bits per heavy atom. The standard InChI is InChI=1S/C24H28F2N6O3S/c1-32-8-4-3-7-27-21-11-16(25)5-6-19(21)22-20(26)13-28-23(30-22)29-17-9-15(10-18(32)12-17)14-36(2,35)31-24(33)34/h5-6,9-13,27,36H,3-4,7-8,14H2,1-2H3,(H,31,35)(H,33,34)(H,28,29,30). The quantitative estimate of drug-likeness (QED) is 0.295. The van der Waals surface area contributed by atoms with E-state index in [4.69, 9.17) is 5.11 Å². The fraction of sp³-hybridized carbons (Fsp3) is 0.292. The lowest BCUT2D eigenvalue weighted by atomic mass is 10.1. The molecular formula is C24H28F2N6O3S. The van der Waals surface area contributed by atoms with E-state index in [9.17, 15) is 18.1 Å². The second kappa shape index (κ2) is 10.5. The van der Waals surface area contributed by atoms with E-state index in [0.717, 1.165) is 24.7 Å². The summed E-state index contributed by atoms with van der Waals surface area (Å²) in [7, 11) is -1.16. The molecule has 192 valence electrons. The molecule has 2 aromatic carbocycles. The molecule has 0 unspecified atom stereocenters. The molecule has 4 rings (SSSR count). The predicted molar refractivity (Wildman–Crippen MR) is 140 cm³/mol. The summed E-state index contributed by atoms with van der Waals surface area (Å²) in [5, 5.41) is 15.3. The molecule has 0 spiro atoms. The van der Waals surface area contributed by atoms with Gasteiger partial charge in [-0.2, -0.15) is 4.36 Å². The molecule has 36 heavy (non-hydrogen) atoms. The molecule has 4 bridgehead atoms. The van der Waals surface area contributed by atoms with Gasteiger partial charge in [-0.3, -0.25) is 0 Å². The van der Waals surface area contributed by atoms with Crippen molar-refractivity contribution >= 4 is 39.2 Å². The fourth-order valence-corrected chi connectivity index (χ4v) is 5.38. The Labute approximate surface area is 208 Å². The van der Waals surface area contributed by atoms with Crippen molar-refractivity contribution in [3.63, 3.8) is 0 Å². The number of benzene rings is 2. The summed E-state index contributed by atoms with van der Waals surface area (Å²) in [6.45, 7) is 1.27. The summed E-state index contributed by atoms with van der Waals surface area (Å²) >= 11 is 0. The van der Waals surface area contributed by atoms with E-state index in [-0.39, 0.29) is 17.4 Å². The Morgan fingerprint density at radius 2 is 2.03 bits per heavy atom. The van der Waals surface area contributed by atoms with Crippen LogP contribution in [-0.2, 0) is 15.9 Å². The van der Waals surface area contributed by atoms with E-state index < -0.39 is 27.8 Å². The molecular weight excluding hydrogens is 490 g/mol. The van der Waals surface area contributed by atoms with E-state index in [1.807, 2.05) is 24.1 Å². The van der Waals surface area contributed by atoms with Gasteiger partial charge in [-0.25, -0.2) is 23.5 Å². The van der Waals surface area contributed by atoms with Crippen molar-refractivity contribution in [1.29, 1.82) is 0 Å². The summed E-state index contributed by atoms with van der Waals surface area (Å²) in [6, 6.07) is 9.56. The molecule has 0 atom stereocenters. The van der Waals surface area contributed by atoms with Crippen LogP contribution in [0, 0.1) is 11.6 Å². The van der Waals surface area contributed by atoms with Crippen LogP contribution in [0.2, 0.25) is 0 Å². The van der Waals surface area contributed by atoms with Gasteiger partial charge in [-0.15, -0.1) is 0 Å². The molecule has 4 N–H and O–H groups in total. The van der Waals surface area contributed by atoms with Gasteiger partial charge in [0.1, 0.15) is 11.5 Å². The number of nitrogens with one attached hydrogen (secondary N) is 2. The summed E-state index contributed by atoms with van der Waals surface area (Å²) in [5.74, 6) is -0.902. The lowest BCUT2D eigenvalue weighted by Crippen LogP contribution is -2.20. The van der Waals surface area contributed by atoms with Crippen molar-refractivity contribution in [2.75, 3.05) is 41.9 Å². The number of hydrogen-bond acceptors (Lipinski definition) is 6. The summed E-state index contributed by atoms with van der Waals surface area (Å²) in [6.07, 6.45) is 2.67. The molecule has 0 radical (unpaired) electrons. The average molecular weight is 519 g/mol. The largest absolute Gasteiger partial charge is 0.463 e. The molecule has 12 heteroatoms. The van der Waals surface area contributed by atoms with Crippen LogP contribution < -0.4 is 15.5 Å². The first-order valence-corrected chi connectivity index (χ1v) is 13.7. The number of fused-ring (bicyclic) bond motifs is 6. The van der Waals surface area contributed by atoms with Crippen molar-refractivity contribution in [3.05, 3.63) is 59.8 Å². The van der Waals surface area contributed by atoms with Gasteiger partial charge in [-0.1, -0.05) is 10.1 Å². The summed E-state index contributed by atoms with van der Waals surface area (Å²) in [4.78, 5) is 21.5. The highest BCUT2D eigenvalue weighted by Gasteiger charge is 2.17. The SMILES string of the molecule is CN1CCCCNc2cc(F)ccc2-c2nc(ncc2F)Nc2cc(C[SH](C)(O)=NC(=O)O)cc1c2. The van der Waals surface area contributed by atoms with Crippen LogP contribution in [0.25, 0.3) is 11.3 Å². The average Bonchev–Trinajstić information content (AvgIpc) is 2.78. The predicted octanol–water partition coefficient (Wildman–Crippen LogP) is 5.16. The number of halogens is 2. The lowest BCUT2D eigenvalue weighted by molar-refractivity contribution is 0.206. The minimum absolute atomic E-state index is 0.0208. The van der Waals surface area contributed by atoms with Gasteiger partial charge in [0, 0.05) is 48.5 Å². The zero-order valence-electron chi connectivity index (χ0n) is 19.9. The van der Waals surface area contributed by atoms with E-state index >= 15 is 0 Å². The number of hydrogen-bond donors (Lipinski definition) is 5. The normalized spacial score (nSPS) is 14.4. The number of amides is 1. The van der Waals surface area contributed by atoms with Crippen molar-refractivity contribution < 1.29 is 23.2 Å². The Hall–Kier alpha value is -3.64. The molecule has 0 saturated heterocycles. The third-order valence-corrected chi connectivity index (χ3v) is 7.24. The number of carboxylic acid groups (broad SMARTS) is 1. The van der Waals surface area contributed by atoms with E-state index in [0.29, 0.717) is 35.6 Å². The van der Waals surface area contributed by atoms with Crippen LogP contribution in [0.5, 0.6) is 0 Å². The molecule has 9 nitrogen and oxygen atoms in total. The van der Waals surface area contributed by atoms with Crippen LogP contribution in [-0.4, -0.2) is 52.1 Å². The molecule has 2 heterocycles. The molecule has 1 aliphatic heterocycles. The number of anilines is 4. The summed E-state index contributed by atoms with van der Waals surface area (Å²) in [5.41, 5.74) is 2.97. The number of carbonyl (C=O) groups is 1. The maximum absolute atomic E-state index is 14.8. The molecule has 1 aromatic heterocycles. The van der Waals surface area contributed by atoms with Gasteiger partial charge in [0.15, 0.2) is 5.82 Å². The minimum atomic E-state index is -3.09. The van der Waals surface area contributed by atoms with Crippen LogP contribution in [0.1, 0.15) is 18.4 Å². The van der Waals surface area contributed by atoms with Gasteiger partial charge in [0.2, 0.25) is 5.95 Å². The van der Waals surface area contributed by atoms with Crippen LogP contribution in [0.4, 0.5) is 36.6 Å². The Kier molecular flexibility index (Phi) is 7.45. The molecule has 0 fully saturated rings. The van der Waals surface area contributed by atoms with Crippen molar-refractivity contribution in [2.24, 2.45) is 4.36 Å². The smallest absolute Gasteiger partial charge is 0.437 e. The van der Waals surface area contributed by atoms with Gasteiger partial charge >= 0.3 is 6.09 Å². The second-order valence-corrected chi connectivity index (χ2v) is 11.5. The first kappa shape index (κ1) is 25.5. The van der Waals surface area contributed by atoms with Gasteiger partial charge < -0.3 is 25.2 Å². The minimum Gasteiger partial charge on any atom is -0.463 e. The molecule has 0 aliphatic carbocycles. The maximum atomic E-state index is 14.8. The zero-order valence-corrected chi connectivity index (χ0v) is 20.8. The van der Waals surface area contributed by atoms with Crippen LogP contribution >= 0.6 is 0 Å². The maximum Gasteiger partial charge on any atom is 0.437 e. The van der Waals surface area contributed by atoms with E-state index in [2.05, 4.69) is 25.0 Å². The topological polar surface area (TPSA) is 123 Å². The number of nitrogens with zero attached hydrogens (tertiary/aromatic N) is 4. The number of aromatic nitrogens is 2. The van der Waals surface area contributed by atoms with Crippen LogP contribution in [0.15, 0.2) is 47.0 Å². The van der Waals surface area contributed by atoms with Crippen molar-refractivity contribution in [3.8, 4) is 11.3 Å². The molecule has 1 amide bonds. The molecule has 0 saturated carbocycles. The monoisotopic (exact) mass is 518 g/mol. The Morgan fingerprint density at radius 1 is 1.22 bits per heavy atom. The van der Waals surface area contributed by atoms with E-state index in [1.165, 1.54) is 24.5 Å². The first-order valence-electron chi connectivity index (χ1n) is 11.3. The molecule has 1 aliphatic rings. The van der Waals surface area contributed by atoms with Crippen molar-refractivity contribution in [1.82, 2.24) is 9.97 Å². The number of rotatable bonds is 2. The van der Waals surface area contributed by atoms with Gasteiger partial charge in [0.25, 0.3) is 0 Å². The first-order chi connectivity index (χ1) is 17.1. The highest BCUT2D eigenvalue weighted by molar-refractivity contribution is 7.98. The fourth-order valence-electron chi connectivity index (χ4n) is 4.06.